The lowest BCUT2D eigenvalue weighted by atomic mass is 10.0. The minimum Gasteiger partial charge on any atom is -0.302 e. The number of aryl methyl sites for hydroxylation is 2. The van der Waals surface area contributed by atoms with Crippen LogP contribution in [-0.2, 0) is 30.8 Å². The number of fused-ring (bicyclic) bond motifs is 2. The summed E-state index contributed by atoms with van der Waals surface area (Å²) >= 11 is 0. The van der Waals surface area contributed by atoms with Gasteiger partial charge in [0.2, 0.25) is 5.91 Å². The predicted molar refractivity (Wildman–Crippen MR) is 128 cm³/mol. The number of pyridine rings is 1. The fraction of sp³-hybridized carbons (Fsp3) is 0.308. The second-order valence-corrected chi connectivity index (χ2v) is 8.74. The first-order valence-electron chi connectivity index (χ1n) is 11.3. The molecule has 33 heavy (non-hydrogen) atoms. The first-order chi connectivity index (χ1) is 16.0. The van der Waals surface area contributed by atoms with Crippen molar-refractivity contribution >= 4 is 17.4 Å². The molecule has 5 rings (SSSR count). The minimum atomic E-state index is 0.116. The summed E-state index contributed by atoms with van der Waals surface area (Å²) in [6.45, 7) is 5.90. The molecule has 0 unspecified atom stereocenters. The maximum absolute atomic E-state index is 12.8. The molecule has 1 aliphatic rings. The number of anilines is 1. The third-order valence-electron chi connectivity index (χ3n) is 6.23. The monoisotopic (exact) mass is 440 g/mol. The predicted octanol–water partition coefficient (Wildman–Crippen LogP) is 3.85. The number of imidazole rings is 1. The van der Waals surface area contributed by atoms with E-state index in [-0.39, 0.29) is 5.91 Å². The third kappa shape index (κ3) is 4.24. The zero-order chi connectivity index (χ0) is 22.9. The average Bonchev–Trinajstić information content (AvgIpc) is 3.11. The largest absolute Gasteiger partial charge is 0.302 e. The van der Waals surface area contributed by atoms with E-state index in [4.69, 9.17) is 9.97 Å². The highest BCUT2D eigenvalue weighted by Crippen LogP contribution is 2.29. The molecule has 168 valence electrons. The second kappa shape index (κ2) is 8.75. The van der Waals surface area contributed by atoms with Crippen LogP contribution < -0.4 is 4.90 Å². The van der Waals surface area contributed by atoms with E-state index in [1.807, 2.05) is 73.5 Å². The van der Waals surface area contributed by atoms with Crippen LogP contribution in [0, 0.1) is 13.8 Å². The Labute approximate surface area is 193 Å². The van der Waals surface area contributed by atoms with Gasteiger partial charge in [0.05, 0.1) is 24.5 Å². The fourth-order valence-corrected chi connectivity index (χ4v) is 4.55. The zero-order valence-corrected chi connectivity index (χ0v) is 19.3. The van der Waals surface area contributed by atoms with E-state index < -0.39 is 0 Å². The van der Waals surface area contributed by atoms with Crippen molar-refractivity contribution in [2.24, 2.45) is 0 Å². The van der Waals surface area contributed by atoms with Gasteiger partial charge in [-0.2, -0.15) is 0 Å². The first kappa shape index (κ1) is 21.3. The summed E-state index contributed by atoms with van der Waals surface area (Å²) in [5.74, 6) is 1.61. The van der Waals surface area contributed by atoms with Gasteiger partial charge in [0.15, 0.2) is 0 Å². The molecule has 0 saturated heterocycles. The number of benzene rings is 1. The van der Waals surface area contributed by atoms with Crippen LogP contribution in [0.15, 0.2) is 54.7 Å². The lowest BCUT2D eigenvalue weighted by Gasteiger charge is -2.30. The summed E-state index contributed by atoms with van der Waals surface area (Å²) in [6.07, 6.45) is 3.24. The van der Waals surface area contributed by atoms with Crippen molar-refractivity contribution in [3.8, 4) is 0 Å². The van der Waals surface area contributed by atoms with Crippen LogP contribution in [0.5, 0.6) is 0 Å². The van der Waals surface area contributed by atoms with Gasteiger partial charge < -0.3 is 4.40 Å². The maximum atomic E-state index is 12.8. The Morgan fingerprint density at radius 1 is 0.909 bits per heavy atom. The summed E-state index contributed by atoms with van der Waals surface area (Å²) in [5.41, 5.74) is 6.26. The van der Waals surface area contributed by atoms with Gasteiger partial charge in [0.1, 0.15) is 17.3 Å². The van der Waals surface area contributed by atoms with Gasteiger partial charge in [0.25, 0.3) is 0 Å². The molecule has 1 aromatic carbocycles. The van der Waals surface area contributed by atoms with Crippen LogP contribution in [0.1, 0.15) is 40.5 Å². The topological polar surface area (TPSA) is 66.6 Å². The Morgan fingerprint density at radius 2 is 1.70 bits per heavy atom. The zero-order valence-electron chi connectivity index (χ0n) is 19.3. The summed E-state index contributed by atoms with van der Waals surface area (Å²) in [6, 6.07) is 16.1. The Balaban J connectivity index is 1.41. The highest BCUT2D eigenvalue weighted by Gasteiger charge is 2.28. The Morgan fingerprint density at radius 3 is 2.52 bits per heavy atom. The average molecular weight is 441 g/mol. The molecule has 4 aromatic rings. The van der Waals surface area contributed by atoms with Gasteiger partial charge >= 0.3 is 0 Å². The molecule has 0 N–H and O–H groups in total. The molecular weight excluding hydrogens is 412 g/mol. The summed E-state index contributed by atoms with van der Waals surface area (Å²) in [5, 5.41) is 0. The standard InChI is InChI=1S/C26H28N6O/c1-18-21-12-13-25(33)32(15-20-9-5-4-6-10-20)26(21)29-23(27-18)17-30(3)16-22-19(2)28-24-11-7-8-14-31(22)24/h4-11,14H,12-13,15-17H2,1-3H3. The first-order valence-corrected chi connectivity index (χ1v) is 11.3. The van der Waals surface area contributed by atoms with E-state index in [0.717, 1.165) is 52.0 Å². The Bertz CT molecular complexity index is 1310. The number of aromatic nitrogens is 4. The van der Waals surface area contributed by atoms with Crippen molar-refractivity contribution in [1.82, 2.24) is 24.3 Å². The van der Waals surface area contributed by atoms with Gasteiger partial charge in [-0.1, -0.05) is 36.4 Å². The maximum Gasteiger partial charge on any atom is 0.228 e. The highest BCUT2D eigenvalue weighted by atomic mass is 16.2. The van der Waals surface area contributed by atoms with E-state index in [1.54, 1.807) is 0 Å². The molecule has 0 radical (unpaired) electrons. The lowest BCUT2D eigenvalue weighted by Crippen LogP contribution is -2.36. The number of carbonyl (C=O) groups is 1. The van der Waals surface area contributed by atoms with Crippen LogP contribution in [0.25, 0.3) is 5.65 Å². The number of amides is 1. The summed E-state index contributed by atoms with van der Waals surface area (Å²) in [7, 11) is 2.06. The number of rotatable bonds is 6. The van der Waals surface area contributed by atoms with Crippen molar-refractivity contribution < 1.29 is 4.79 Å². The van der Waals surface area contributed by atoms with E-state index >= 15 is 0 Å². The van der Waals surface area contributed by atoms with Gasteiger partial charge in [-0.05, 0) is 45.0 Å². The molecule has 0 spiro atoms. The van der Waals surface area contributed by atoms with Crippen molar-refractivity contribution in [3.63, 3.8) is 0 Å². The van der Waals surface area contributed by atoms with Gasteiger partial charge in [0, 0.05) is 30.4 Å². The summed E-state index contributed by atoms with van der Waals surface area (Å²) < 4.78 is 2.13. The molecule has 0 aliphatic carbocycles. The summed E-state index contributed by atoms with van der Waals surface area (Å²) in [4.78, 5) is 31.2. The number of hydrogen-bond acceptors (Lipinski definition) is 5. The molecule has 0 fully saturated rings. The molecule has 1 aliphatic heterocycles. The molecule has 1 amide bonds. The molecule has 0 atom stereocenters. The minimum absolute atomic E-state index is 0.116. The number of hydrogen-bond donors (Lipinski definition) is 0. The van der Waals surface area contributed by atoms with E-state index in [2.05, 4.69) is 21.3 Å². The molecule has 7 nitrogen and oxygen atoms in total. The lowest BCUT2D eigenvalue weighted by molar-refractivity contribution is -0.119. The van der Waals surface area contributed by atoms with Crippen molar-refractivity contribution in [3.05, 3.63) is 88.8 Å². The van der Waals surface area contributed by atoms with E-state index in [1.165, 1.54) is 0 Å². The molecule has 7 heteroatoms. The van der Waals surface area contributed by atoms with E-state index in [9.17, 15) is 4.79 Å². The second-order valence-electron chi connectivity index (χ2n) is 8.74. The van der Waals surface area contributed by atoms with Crippen LogP contribution in [0.4, 0.5) is 5.82 Å². The third-order valence-corrected chi connectivity index (χ3v) is 6.23. The smallest absolute Gasteiger partial charge is 0.228 e. The fourth-order valence-electron chi connectivity index (χ4n) is 4.55. The van der Waals surface area contributed by atoms with Crippen LogP contribution in [0.3, 0.4) is 0 Å². The number of nitrogens with zero attached hydrogens (tertiary/aromatic N) is 6. The van der Waals surface area contributed by atoms with Gasteiger partial charge in [-0.25, -0.2) is 15.0 Å². The van der Waals surface area contributed by atoms with Crippen LogP contribution in [0.2, 0.25) is 0 Å². The normalized spacial score (nSPS) is 13.7. The molecule has 3 aromatic heterocycles. The van der Waals surface area contributed by atoms with Crippen LogP contribution in [-0.4, -0.2) is 37.2 Å². The van der Waals surface area contributed by atoms with Crippen molar-refractivity contribution in [2.45, 2.75) is 46.3 Å². The number of carbonyl (C=O) groups excluding carboxylic acids is 1. The Kier molecular flexibility index (Phi) is 5.64. The highest BCUT2D eigenvalue weighted by molar-refractivity contribution is 5.95. The molecule has 4 heterocycles. The van der Waals surface area contributed by atoms with Crippen LogP contribution >= 0.6 is 0 Å². The molecule has 0 bridgehead atoms. The van der Waals surface area contributed by atoms with Gasteiger partial charge in [-0.3, -0.25) is 14.6 Å². The molecular formula is C26H28N6O. The van der Waals surface area contributed by atoms with Crippen molar-refractivity contribution in [1.29, 1.82) is 0 Å². The SMILES string of the molecule is Cc1nc(CN(C)Cc2c(C)nc3ccccn23)nc2c1CCC(=O)N2Cc1ccccc1. The van der Waals surface area contributed by atoms with Crippen molar-refractivity contribution in [2.75, 3.05) is 11.9 Å². The van der Waals surface area contributed by atoms with Gasteiger partial charge in [-0.15, -0.1) is 0 Å². The molecule has 0 saturated carbocycles. The Hall–Kier alpha value is -3.58. The van der Waals surface area contributed by atoms with E-state index in [0.29, 0.717) is 25.9 Å². The quantitative estimate of drug-likeness (QED) is 0.456.